The van der Waals surface area contributed by atoms with Crippen LogP contribution < -0.4 is 67.1 Å². The molecule has 0 aromatic carbocycles. The van der Waals surface area contributed by atoms with Crippen LogP contribution in [0.3, 0.4) is 0 Å². The minimum Gasteiger partial charge on any atom is -0.480 e. The van der Waals surface area contributed by atoms with Crippen LogP contribution in [0, 0.1) is 5.41 Å². The summed E-state index contributed by atoms with van der Waals surface area (Å²) in [6.07, 6.45) is 11.1. The van der Waals surface area contributed by atoms with Crippen LogP contribution in [0.25, 0.3) is 0 Å². The summed E-state index contributed by atoms with van der Waals surface area (Å²) in [5, 5.41) is 27.7. The molecule has 0 spiro atoms. The number of aliphatic carboxylic acids is 1. The van der Waals surface area contributed by atoms with Crippen molar-refractivity contribution in [3.05, 3.63) is 0 Å². The van der Waals surface area contributed by atoms with Crippen molar-refractivity contribution in [2.24, 2.45) is 45.9 Å². The van der Waals surface area contributed by atoms with Gasteiger partial charge in [-0.1, -0.05) is 0 Å². The van der Waals surface area contributed by atoms with Crippen molar-refractivity contribution >= 4 is 11.9 Å². The van der Waals surface area contributed by atoms with Gasteiger partial charge in [-0.3, -0.25) is 10.2 Å². The van der Waals surface area contributed by atoms with E-state index in [4.69, 9.17) is 56.4 Å². The van der Waals surface area contributed by atoms with Gasteiger partial charge >= 0.3 is 5.97 Å². The molecule has 0 saturated heterocycles. The molecule has 22 N–H and O–H groups in total. The SMILES string of the molecule is N=C(N)NCCCC(N)C(=O)O.NCCCCN.NCCCCNCCCN.NCCCNCCCCNCCCN. The summed E-state index contributed by atoms with van der Waals surface area (Å²) < 4.78 is 0. The van der Waals surface area contributed by atoms with E-state index in [2.05, 4.69) is 21.3 Å². The maximum absolute atomic E-state index is 10.2. The number of hydrogen-bond acceptors (Lipinski definition) is 12. The van der Waals surface area contributed by atoms with Gasteiger partial charge in [-0.05, 0) is 149 Å². The molecule has 15 heteroatoms. The molecule has 42 heavy (non-hydrogen) atoms. The molecule has 0 bridgehead atoms. The van der Waals surface area contributed by atoms with Crippen molar-refractivity contribution in [3.63, 3.8) is 0 Å². The van der Waals surface area contributed by atoms with E-state index < -0.39 is 12.0 Å². The van der Waals surface area contributed by atoms with Crippen molar-refractivity contribution in [2.75, 3.05) is 85.1 Å². The highest BCUT2D eigenvalue weighted by molar-refractivity contribution is 5.74. The van der Waals surface area contributed by atoms with E-state index in [1.807, 2.05) is 0 Å². The second-order valence-electron chi connectivity index (χ2n) is 9.59. The van der Waals surface area contributed by atoms with Crippen LogP contribution in [0.15, 0.2) is 0 Å². The van der Waals surface area contributed by atoms with Crippen LogP contribution in [-0.2, 0) is 4.79 Å². The number of unbranched alkanes of at least 4 members (excludes halogenated alkanes) is 3. The lowest BCUT2D eigenvalue weighted by atomic mass is 10.2. The molecule has 1 atom stereocenters. The summed E-state index contributed by atoms with van der Waals surface area (Å²) in [5.41, 5.74) is 41.9. The lowest BCUT2D eigenvalue weighted by Crippen LogP contribution is -2.34. The molecule has 15 nitrogen and oxygen atoms in total. The second kappa shape index (κ2) is 46.3. The molecule has 0 aliphatic rings. The normalized spacial score (nSPS) is 10.7. The molecule has 0 aromatic rings. The van der Waals surface area contributed by atoms with Gasteiger partial charge in [-0.15, -0.1) is 0 Å². The summed E-state index contributed by atoms with van der Waals surface area (Å²) in [6.45, 7) is 11.6. The predicted molar refractivity (Wildman–Crippen MR) is 179 cm³/mol. The largest absolute Gasteiger partial charge is 0.480 e. The monoisotopic (exact) mass is 610 g/mol. The lowest BCUT2D eigenvalue weighted by Gasteiger charge is -2.06. The fraction of sp³-hybridized carbons (Fsp3) is 0.926. The molecule has 0 radical (unpaired) electrons. The van der Waals surface area contributed by atoms with Crippen LogP contribution in [0.1, 0.15) is 70.6 Å². The van der Waals surface area contributed by atoms with Gasteiger partial charge in [0, 0.05) is 6.54 Å². The van der Waals surface area contributed by atoms with Gasteiger partial charge in [-0.2, -0.15) is 0 Å². The Kier molecular flexibility index (Phi) is 52.1. The van der Waals surface area contributed by atoms with Gasteiger partial charge in [-0.25, -0.2) is 0 Å². The first-order valence-electron chi connectivity index (χ1n) is 15.7. The number of nitrogens with one attached hydrogen (secondary N) is 5. The molecule has 0 fully saturated rings. The second-order valence-corrected chi connectivity index (χ2v) is 9.59. The Bertz CT molecular complexity index is 483. The number of nitrogens with two attached hydrogens (primary N) is 8. The maximum Gasteiger partial charge on any atom is 0.320 e. The molecule has 0 aliphatic carbocycles. The predicted octanol–water partition coefficient (Wildman–Crippen LogP) is -2.35. The van der Waals surface area contributed by atoms with Crippen LogP contribution in [0.2, 0.25) is 0 Å². The highest BCUT2D eigenvalue weighted by atomic mass is 16.4. The highest BCUT2D eigenvalue weighted by Crippen LogP contribution is 1.92. The van der Waals surface area contributed by atoms with Gasteiger partial charge in [0.15, 0.2) is 5.96 Å². The minimum absolute atomic E-state index is 0.112. The number of carbonyl (C=O) groups is 1. The Balaban J connectivity index is -0.000000238. The molecule has 0 aliphatic heterocycles. The van der Waals surface area contributed by atoms with E-state index in [0.717, 1.165) is 117 Å². The Labute approximate surface area is 256 Å². The number of carboxylic acid groups (broad SMARTS) is 1. The van der Waals surface area contributed by atoms with E-state index >= 15 is 0 Å². The fourth-order valence-corrected chi connectivity index (χ4v) is 2.91. The quantitative estimate of drug-likeness (QED) is 0.0277. The first kappa shape index (κ1) is 47.3. The summed E-state index contributed by atoms with van der Waals surface area (Å²) in [5.74, 6) is -1.11. The van der Waals surface area contributed by atoms with Gasteiger partial charge < -0.3 is 72.2 Å². The Hall–Kier alpha value is -1.66. The van der Waals surface area contributed by atoms with Gasteiger partial charge in [0.1, 0.15) is 6.04 Å². The summed E-state index contributed by atoms with van der Waals surface area (Å²) in [7, 11) is 0. The smallest absolute Gasteiger partial charge is 0.320 e. The van der Waals surface area contributed by atoms with Crippen molar-refractivity contribution < 1.29 is 9.90 Å². The topological polar surface area (TPSA) is 317 Å². The number of rotatable bonds is 26. The van der Waals surface area contributed by atoms with Crippen molar-refractivity contribution in [2.45, 2.75) is 76.7 Å². The highest BCUT2D eigenvalue weighted by Gasteiger charge is 2.09. The van der Waals surface area contributed by atoms with Crippen molar-refractivity contribution in [1.29, 1.82) is 5.41 Å². The molecule has 0 saturated carbocycles. The third kappa shape index (κ3) is 58.1. The van der Waals surface area contributed by atoms with Gasteiger partial charge in [0.25, 0.3) is 0 Å². The third-order valence-electron chi connectivity index (χ3n) is 5.42. The van der Waals surface area contributed by atoms with Crippen LogP contribution in [-0.4, -0.2) is 108 Å². The van der Waals surface area contributed by atoms with Crippen molar-refractivity contribution in [3.8, 4) is 0 Å². The maximum atomic E-state index is 10.2. The molecular formula is C27H71N13O2. The Morgan fingerprint density at radius 3 is 1.17 bits per heavy atom. The molecule has 1 unspecified atom stereocenters. The minimum atomic E-state index is -1.00. The van der Waals surface area contributed by atoms with Gasteiger partial charge in [0.05, 0.1) is 0 Å². The molecule has 0 rings (SSSR count). The summed E-state index contributed by atoms with van der Waals surface area (Å²) >= 11 is 0. The first-order valence-corrected chi connectivity index (χ1v) is 15.7. The lowest BCUT2D eigenvalue weighted by molar-refractivity contribution is -0.138. The van der Waals surface area contributed by atoms with Crippen LogP contribution in [0.4, 0.5) is 0 Å². The number of hydrogen-bond donors (Lipinski definition) is 14. The number of carboxylic acids is 1. The summed E-state index contributed by atoms with van der Waals surface area (Å²) in [6, 6.07) is -0.821. The first-order chi connectivity index (χ1) is 20.3. The standard InChI is InChI=1S/C10H26N4.C7H19N3.C6H14N4O2.C4H12N2/c11-5-3-9-13-7-1-2-8-14-10-4-6-12;8-4-1-2-6-10-7-3-5-9;7-4(5(11)12)2-1-3-10-6(8)9;5-3-1-2-4-6/h13-14H,1-12H2;10H,1-9H2;4H,1-3,7H2,(H,11,12)(H4,8,9,10);1-6H2. The molecule has 0 aromatic heterocycles. The molecule has 256 valence electrons. The van der Waals surface area contributed by atoms with Crippen molar-refractivity contribution in [1.82, 2.24) is 21.3 Å². The average Bonchev–Trinajstić information content (AvgIpc) is 2.98. The number of guanidine groups is 1. The van der Waals surface area contributed by atoms with E-state index in [-0.39, 0.29) is 5.96 Å². The zero-order valence-electron chi connectivity index (χ0n) is 26.5. The fourth-order valence-electron chi connectivity index (χ4n) is 2.91. The van der Waals surface area contributed by atoms with Crippen LogP contribution in [0.5, 0.6) is 0 Å². The zero-order chi connectivity index (χ0) is 32.5. The molecular weight excluding hydrogens is 538 g/mol. The Morgan fingerprint density at radius 1 is 0.548 bits per heavy atom. The van der Waals surface area contributed by atoms with Gasteiger partial charge in [0.2, 0.25) is 0 Å². The van der Waals surface area contributed by atoms with E-state index in [1.54, 1.807) is 0 Å². The van der Waals surface area contributed by atoms with E-state index in [9.17, 15) is 4.79 Å². The summed E-state index contributed by atoms with van der Waals surface area (Å²) in [4.78, 5) is 10.2. The zero-order valence-corrected chi connectivity index (χ0v) is 26.5. The van der Waals surface area contributed by atoms with E-state index in [1.165, 1.54) is 19.3 Å². The Morgan fingerprint density at radius 2 is 0.857 bits per heavy atom. The van der Waals surface area contributed by atoms with E-state index in [0.29, 0.717) is 19.4 Å². The molecule has 0 heterocycles. The average molecular weight is 610 g/mol. The molecule has 0 amide bonds. The third-order valence-corrected chi connectivity index (χ3v) is 5.42. The van der Waals surface area contributed by atoms with Crippen LogP contribution >= 0.6 is 0 Å².